The minimum Gasteiger partial charge on any atom is -0.451 e. The average Bonchev–Trinajstić information content (AvgIpc) is 3.38. The molecule has 1 aromatic carbocycles. The summed E-state index contributed by atoms with van der Waals surface area (Å²) in [5.41, 5.74) is 2.15. The van der Waals surface area contributed by atoms with Crippen LogP contribution in [0.4, 0.5) is 5.69 Å². The molecule has 1 unspecified atom stereocenters. The Morgan fingerprint density at radius 3 is 2.35 bits per heavy atom. The molecule has 0 saturated heterocycles. The molecule has 0 aliphatic rings. The van der Waals surface area contributed by atoms with Gasteiger partial charge in [-0.05, 0) is 29.2 Å². The smallest absolute Gasteiger partial charge is 0.281 e. The number of oxazole rings is 1. The lowest BCUT2D eigenvalue weighted by Crippen LogP contribution is -2.46. The maximum Gasteiger partial charge on any atom is 0.281 e. The maximum absolute atomic E-state index is 13.6. The van der Waals surface area contributed by atoms with Gasteiger partial charge in [0, 0.05) is 37.9 Å². The molecule has 1 atom stereocenters. The third kappa shape index (κ3) is 5.86. The normalized spacial score (nSPS) is 12.4. The Balaban J connectivity index is 2.08. The number of anilines is 1. The Bertz CT molecular complexity index is 1060. The summed E-state index contributed by atoms with van der Waals surface area (Å²) in [6.07, 6.45) is 4.95. The number of amides is 2. The number of hydrogen-bond acceptors (Lipinski definition) is 7. The van der Waals surface area contributed by atoms with Gasteiger partial charge in [0.2, 0.25) is 5.91 Å². The lowest BCUT2D eigenvalue weighted by Gasteiger charge is -2.31. The van der Waals surface area contributed by atoms with Crippen LogP contribution >= 0.6 is 0 Å². The third-order valence-electron chi connectivity index (χ3n) is 5.36. The van der Waals surface area contributed by atoms with E-state index in [4.69, 9.17) is 13.9 Å². The monoisotopic (exact) mass is 466 g/mol. The summed E-state index contributed by atoms with van der Waals surface area (Å²) in [4.78, 5) is 36.7. The second kappa shape index (κ2) is 11.0. The van der Waals surface area contributed by atoms with E-state index in [0.29, 0.717) is 11.3 Å². The summed E-state index contributed by atoms with van der Waals surface area (Å²) in [7, 11) is 2.96. The van der Waals surface area contributed by atoms with Crippen molar-refractivity contribution < 1.29 is 23.5 Å². The molecule has 3 aromatic rings. The number of methoxy groups -OCH3 is 2. The van der Waals surface area contributed by atoms with E-state index >= 15 is 0 Å². The van der Waals surface area contributed by atoms with E-state index in [1.54, 1.807) is 24.5 Å². The SMILES string of the molecule is COC(CNC(=O)C(c1cccnc1)N(C(=O)c1cocn1)c1ccc(C(C)(C)C)cc1)OC. The maximum atomic E-state index is 13.6. The number of carbonyl (C=O) groups is 2. The minimum atomic E-state index is -1.03. The second-order valence-electron chi connectivity index (χ2n) is 8.68. The van der Waals surface area contributed by atoms with Gasteiger partial charge in [0.25, 0.3) is 5.91 Å². The molecule has 2 amide bonds. The quantitative estimate of drug-likeness (QED) is 0.481. The van der Waals surface area contributed by atoms with Gasteiger partial charge in [-0.25, -0.2) is 4.98 Å². The first-order valence-electron chi connectivity index (χ1n) is 10.8. The van der Waals surface area contributed by atoms with Crippen LogP contribution in [0.3, 0.4) is 0 Å². The summed E-state index contributed by atoms with van der Waals surface area (Å²) >= 11 is 0. The second-order valence-corrected chi connectivity index (χ2v) is 8.68. The molecule has 34 heavy (non-hydrogen) atoms. The fourth-order valence-electron chi connectivity index (χ4n) is 3.45. The number of nitrogens with one attached hydrogen (secondary N) is 1. The number of nitrogens with zero attached hydrogens (tertiary/aromatic N) is 3. The van der Waals surface area contributed by atoms with Gasteiger partial charge in [-0.3, -0.25) is 19.5 Å². The zero-order valence-electron chi connectivity index (χ0n) is 20.0. The number of carbonyl (C=O) groups excluding carboxylic acids is 2. The molecule has 2 aromatic heterocycles. The minimum absolute atomic E-state index is 0.0745. The average molecular weight is 467 g/mol. The van der Waals surface area contributed by atoms with E-state index in [-0.39, 0.29) is 17.7 Å². The van der Waals surface area contributed by atoms with Gasteiger partial charge in [0.1, 0.15) is 12.3 Å². The van der Waals surface area contributed by atoms with Gasteiger partial charge in [-0.1, -0.05) is 39.0 Å². The molecule has 0 bridgehead atoms. The molecule has 0 fully saturated rings. The van der Waals surface area contributed by atoms with Crippen LogP contribution in [0.15, 0.2) is 65.9 Å². The van der Waals surface area contributed by atoms with E-state index in [1.165, 1.54) is 31.8 Å². The van der Waals surface area contributed by atoms with Crippen molar-refractivity contribution in [1.29, 1.82) is 0 Å². The van der Waals surface area contributed by atoms with Gasteiger partial charge >= 0.3 is 0 Å². The highest BCUT2D eigenvalue weighted by Gasteiger charge is 2.35. The highest BCUT2D eigenvalue weighted by Crippen LogP contribution is 2.31. The Hall–Kier alpha value is -3.56. The van der Waals surface area contributed by atoms with Crippen LogP contribution in [0.1, 0.15) is 48.4 Å². The molecule has 0 aliphatic heterocycles. The predicted molar refractivity (Wildman–Crippen MR) is 126 cm³/mol. The number of rotatable bonds is 9. The highest BCUT2D eigenvalue weighted by molar-refractivity contribution is 6.09. The zero-order chi connectivity index (χ0) is 24.7. The first-order chi connectivity index (χ1) is 16.3. The van der Waals surface area contributed by atoms with Crippen molar-refractivity contribution in [3.63, 3.8) is 0 Å². The number of benzene rings is 1. The summed E-state index contributed by atoms with van der Waals surface area (Å²) in [6.45, 7) is 6.41. The Morgan fingerprint density at radius 1 is 1.12 bits per heavy atom. The molecule has 9 heteroatoms. The molecule has 9 nitrogen and oxygen atoms in total. The summed E-state index contributed by atoms with van der Waals surface area (Å²) < 4.78 is 15.4. The van der Waals surface area contributed by atoms with Gasteiger partial charge < -0.3 is 19.2 Å². The van der Waals surface area contributed by atoms with Crippen molar-refractivity contribution in [3.8, 4) is 0 Å². The topological polar surface area (TPSA) is 107 Å². The number of hydrogen-bond donors (Lipinski definition) is 1. The lowest BCUT2D eigenvalue weighted by molar-refractivity contribution is -0.128. The fourth-order valence-corrected chi connectivity index (χ4v) is 3.45. The van der Waals surface area contributed by atoms with Gasteiger partial charge in [0.15, 0.2) is 18.4 Å². The number of pyridine rings is 1. The van der Waals surface area contributed by atoms with Gasteiger partial charge in [0.05, 0.1) is 6.54 Å². The fraction of sp³-hybridized carbons (Fsp3) is 0.360. The summed E-state index contributed by atoms with van der Waals surface area (Å²) in [5, 5.41) is 2.81. The Labute approximate surface area is 199 Å². The van der Waals surface area contributed by atoms with Crippen molar-refractivity contribution in [2.75, 3.05) is 25.7 Å². The molecule has 180 valence electrons. The van der Waals surface area contributed by atoms with Crippen molar-refractivity contribution in [2.24, 2.45) is 0 Å². The summed E-state index contributed by atoms with van der Waals surface area (Å²) in [5.74, 6) is -0.917. The zero-order valence-corrected chi connectivity index (χ0v) is 20.0. The molecule has 0 aliphatic carbocycles. The van der Waals surface area contributed by atoms with E-state index in [2.05, 4.69) is 36.1 Å². The van der Waals surface area contributed by atoms with Crippen LogP contribution in [-0.2, 0) is 19.7 Å². The molecule has 3 rings (SSSR count). The van der Waals surface area contributed by atoms with Crippen molar-refractivity contribution >= 4 is 17.5 Å². The summed E-state index contributed by atoms with van der Waals surface area (Å²) in [6, 6.07) is 9.96. The van der Waals surface area contributed by atoms with Crippen LogP contribution < -0.4 is 10.2 Å². The number of aromatic nitrogens is 2. The van der Waals surface area contributed by atoms with Crippen LogP contribution in [-0.4, -0.2) is 48.8 Å². The highest BCUT2D eigenvalue weighted by atomic mass is 16.7. The van der Waals surface area contributed by atoms with E-state index < -0.39 is 24.1 Å². The Morgan fingerprint density at radius 2 is 1.82 bits per heavy atom. The Kier molecular flexibility index (Phi) is 8.14. The lowest BCUT2D eigenvalue weighted by atomic mass is 9.87. The van der Waals surface area contributed by atoms with Crippen molar-refractivity contribution in [3.05, 3.63) is 78.3 Å². The van der Waals surface area contributed by atoms with E-state index in [1.807, 2.05) is 24.3 Å². The number of ether oxygens (including phenoxy) is 2. The van der Waals surface area contributed by atoms with Crippen LogP contribution in [0.25, 0.3) is 0 Å². The predicted octanol–water partition coefficient (Wildman–Crippen LogP) is 3.49. The van der Waals surface area contributed by atoms with E-state index in [0.717, 1.165) is 5.56 Å². The molecule has 0 saturated carbocycles. The molecule has 0 radical (unpaired) electrons. The van der Waals surface area contributed by atoms with Crippen molar-refractivity contribution in [1.82, 2.24) is 15.3 Å². The van der Waals surface area contributed by atoms with E-state index in [9.17, 15) is 9.59 Å². The molecule has 1 N–H and O–H groups in total. The molecular weight excluding hydrogens is 436 g/mol. The van der Waals surface area contributed by atoms with Gasteiger partial charge in [-0.15, -0.1) is 0 Å². The van der Waals surface area contributed by atoms with Gasteiger partial charge in [-0.2, -0.15) is 0 Å². The van der Waals surface area contributed by atoms with Crippen LogP contribution in [0.5, 0.6) is 0 Å². The first kappa shape index (κ1) is 25.1. The first-order valence-corrected chi connectivity index (χ1v) is 10.8. The van der Waals surface area contributed by atoms with Crippen LogP contribution in [0, 0.1) is 0 Å². The molecule has 0 spiro atoms. The third-order valence-corrected chi connectivity index (χ3v) is 5.36. The van der Waals surface area contributed by atoms with Crippen LogP contribution in [0.2, 0.25) is 0 Å². The largest absolute Gasteiger partial charge is 0.451 e. The van der Waals surface area contributed by atoms with Crippen molar-refractivity contribution in [2.45, 2.75) is 38.5 Å². The molecular formula is C25H30N4O5. The standard InChI is InChI=1S/C25H30N4O5/c1-25(2,3)18-8-10-19(11-9-18)29(24(31)20-15-34-16-28-20)22(17-7-6-12-26-13-17)23(30)27-14-21(32-4)33-5/h6-13,15-16,21-22H,14H2,1-5H3,(H,27,30). The molecule has 2 heterocycles.